The van der Waals surface area contributed by atoms with E-state index in [9.17, 15) is 4.79 Å². The molecule has 2 aromatic rings. The Bertz CT molecular complexity index is 881. The number of hydrogen-bond acceptors (Lipinski definition) is 5. The van der Waals surface area contributed by atoms with E-state index in [0.717, 1.165) is 36.9 Å². The number of aromatic nitrogens is 4. The molecule has 0 atom stereocenters. The standard InChI is InChI=1S/C21H30N6O/c1-21(2)9-7-16(8-10-21)18-13-15(5-6-17(18)20(22)28)14-19-23-25-27(24-19)12-11-26(3)4/h5-7,13H,8-12,14H2,1-4H3,(H2,22,28). The van der Waals surface area contributed by atoms with Gasteiger partial charge in [0.05, 0.1) is 6.54 Å². The van der Waals surface area contributed by atoms with Gasteiger partial charge in [0.15, 0.2) is 5.82 Å². The SMILES string of the molecule is CN(C)CCn1nnc(Cc2ccc(C(N)=O)c(C3=CCC(C)(C)CC3)c2)n1. The van der Waals surface area contributed by atoms with Gasteiger partial charge in [-0.1, -0.05) is 32.1 Å². The Labute approximate surface area is 166 Å². The van der Waals surface area contributed by atoms with Crippen molar-refractivity contribution < 1.29 is 4.79 Å². The normalized spacial score (nSPS) is 16.2. The number of tetrazole rings is 1. The summed E-state index contributed by atoms with van der Waals surface area (Å²) in [6, 6.07) is 5.81. The largest absolute Gasteiger partial charge is 0.366 e. The second-order valence-corrected chi connectivity index (χ2v) is 8.62. The van der Waals surface area contributed by atoms with Gasteiger partial charge in [0, 0.05) is 18.5 Å². The van der Waals surface area contributed by atoms with Crippen molar-refractivity contribution in [3.63, 3.8) is 0 Å². The van der Waals surface area contributed by atoms with E-state index in [-0.39, 0.29) is 5.91 Å². The summed E-state index contributed by atoms with van der Waals surface area (Å²) in [5.41, 5.74) is 9.72. The van der Waals surface area contributed by atoms with Crippen LogP contribution in [0.2, 0.25) is 0 Å². The molecule has 1 aliphatic rings. The van der Waals surface area contributed by atoms with Crippen molar-refractivity contribution in [1.82, 2.24) is 25.1 Å². The van der Waals surface area contributed by atoms with Crippen molar-refractivity contribution in [3.8, 4) is 0 Å². The highest BCUT2D eigenvalue weighted by atomic mass is 16.1. The van der Waals surface area contributed by atoms with Crippen molar-refractivity contribution >= 4 is 11.5 Å². The third-order valence-corrected chi connectivity index (χ3v) is 5.27. The summed E-state index contributed by atoms with van der Waals surface area (Å²) < 4.78 is 0. The molecule has 0 aliphatic heterocycles. The van der Waals surface area contributed by atoms with E-state index in [4.69, 9.17) is 5.73 Å². The fourth-order valence-corrected chi connectivity index (χ4v) is 3.42. The maximum atomic E-state index is 11.9. The molecule has 28 heavy (non-hydrogen) atoms. The molecule has 3 rings (SSSR count). The molecule has 1 aliphatic carbocycles. The Balaban J connectivity index is 1.82. The monoisotopic (exact) mass is 382 g/mol. The van der Waals surface area contributed by atoms with Crippen molar-refractivity contribution in [2.45, 2.75) is 46.1 Å². The van der Waals surface area contributed by atoms with E-state index in [1.807, 2.05) is 26.2 Å². The number of allylic oxidation sites excluding steroid dienone is 2. The Morgan fingerprint density at radius 1 is 1.32 bits per heavy atom. The highest BCUT2D eigenvalue weighted by molar-refractivity contribution is 5.98. The zero-order chi connectivity index (χ0) is 20.3. The molecule has 0 bridgehead atoms. The lowest BCUT2D eigenvalue weighted by atomic mass is 9.76. The van der Waals surface area contributed by atoms with Crippen LogP contribution >= 0.6 is 0 Å². The number of rotatable bonds is 7. The van der Waals surface area contributed by atoms with Crippen LogP contribution < -0.4 is 5.73 Å². The Morgan fingerprint density at radius 3 is 2.75 bits per heavy atom. The molecule has 1 aromatic carbocycles. The summed E-state index contributed by atoms with van der Waals surface area (Å²) >= 11 is 0. The van der Waals surface area contributed by atoms with Crippen molar-refractivity contribution in [2.75, 3.05) is 20.6 Å². The lowest BCUT2D eigenvalue weighted by Gasteiger charge is -2.29. The molecule has 7 heteroatoms. The molecule has 2 N–H and O–H groups in total. The first-order chi connectivity index (χ1) is 13.2. The van der Waals surface area contributed by atoms with Gasteiger partial charge < -0.3 is 10.6 Å². The average molecular weight is 383 g/mol. The number of likely N-dealkylation sites (N-methyl/N-ethyl adjacent to an activating group) is 1. The van der Waals surface area contributed by atoms with E-state index >= 15 is 0 Å². The smallest absolute Gasteiger partial charge is 0.249 e. The van der Waals surface area contributed by atoms with E-state index in [1.165, 1.54) is 5.57 Å². The highest BCUT2D eigenvalue weighted by Gasteiger charge is 2.24. The number of nitrogens with zero attached hydrogens (tertiary/aromatic N) is 5. The molecule has 0 saturated heterocycles. The number of nitrogens with two attached hydrogens (primary N) is 1. The summed E-state index contributed by atoms with van der Waals surface area (Å²) in [5.74, 6) is 0.287. The molecule has 1 aromatic heterocycles. The third kappa shape index (κ3) is 5.04. The molecule has 0 fully saturated rings. The van der Waals surface area contributed by atoms with Crippen LogP contribution in [0.15, 0.2) is 24.3 Å². The van der Waals surface area contributed by atoms with Crippen LogP contribution in [-0.2, 0) is 13.0 Å². The van der Waals surface area contributed by atoms with Crippen molar-refractivity contribution in [1.29, 1.82) is 0 Å². The quantitative estimate of drug-likeness (QED) is 0.795. The van der Waals surface area contributed by atoms with Gasteiger partial charge in [0.2, 0.25) is 5.91 Å². The van der Waals surface area contributed by atoms with Crippen LogP contribution in [0, 0.1) is 5.41 Å². The van der Waals surface area contributed by atoms with Crippen LogP contribution in [0.1, 0.15) is 60.4 Å². The van der Waals surface area contributed by atoms with Crippen molar-refractivity contribution in [3.05, 3.63) is 46.8 Å². The van der Waals surface area contributed by atoms with Crippen LogP contribution in [0.4, 0.5) is 0 Å². The van der Waals surface area contributed by atoms with Gasteiger partial charge in [-0.05, 0) is 66.8 Å². The summed E-state index contributed by atoms with van der Waals surface area (Å²) in [6.07, 6.45) is 5.89. The molecule has 1 heterocycles. The molecule has 0 saturated carbocycles. The fraction of sp³-hybridized carbons (Fsp3) is 0.524. The molecule has 1 amide bonds. The highest BCUT2D eigenvalue weighted by Crippen LogP contribution is 2.39. The molecule has 0 spiro atoms. The topological polar surface area (TPSA) is 89.9 Å². The Kier molecular flexibility index (Phi) is 5.93. The number of hydrogen-bond donors (Lipinski definition) is 1. The number of primary amides is 1. The summed E-state index contributed by atoms with van der Waals surface area (Å²) in [4.78, 5) is 15.6. The molecule has 0 radical (unpaired) electrons. The Hall–Kier alpha value is -2.54. The fourth-order valence-electron chi connectivity index (χ4n) is 3.42. The molecule has 150 valence electrons. The zero-order valence-corrected chi connectivity index (χ0v) is 17.3. The van der Waals surface area contributed by atoms with Gasteiger partial charge in [-0.2, -0.15) is 4.80 Å². The third-order valence-electron chi connectivity index (χ3n) is 5.27. The Morgan fingerprint density at radius 2 is 2.11 bits per heavy atom. The predicted octanol–water partition coefficient (Wildman–Crippen LogP) is 2.52. The maximum Gasteiger partial charge on any atom is 0.249 e. The van der Waals surface area contributed by atoms with E-state index in [1.54, 1.807) is 4.80 Å². The minimum atomic E-state index is -0.389. The number of benzene rings is 1. The van der Waals surface area contributed by atoms with Crippen LogP contribution in [-0.4, -0.2) is 51.7 Å². The number of carbonyl (C=O) groups excluding carboxylic acids is 1. The average Bonchev–Trinajstić information content (AvgIpc) is 3.07. The first-order valence-corrected chi connectivity index (χ1v) is 9.77. The summed E-state index contributed by atoms with van der Waals surface area (Å²) in [7, 11) is 4.03. The molecule has 0 unspecified atom stereocenters. The summed E-state index contributed by atoms with van der Waals surface area (Å²) in [6.45, 7) is 6.11. The second kappa shape index (κ2) is 8.22. The predicted molar refractivity (Wildman–Crippen MR) is 110 cm³/mol. The number of carbonyl (C=O) groups is 1. The van der Waals surface area contributed by atoms with Gasteiger partial charge in [-0.15, -0.1) is 10.2 Å². The van der Waals surface area contributed by atoms with Gasteiger partial charge in [-0.3, -0.25) is 4.79 Å². The summed E-state index contributed by atoms with van der Waals surface area (Å²) in [5, 5.41) is 12.7. The molecule has 7 nitrogen and oxygen atoms in total. The lowest BCUT2D eigenvalue weighted by molar-refractivity contribution is 0.1000. The second-order valence-electron chi connectivity index (χ2n) is 8.62. The maximum absolute atomic E-state index is 11.9. The molecular formula is C21H30N6O. The first kappa shape index (κ1) is 20.2. The minimum Gasteiger partial charge on any atom is -0.366 e. The van der Waals surface area contributed by atoms with Gasteiger partial charge >= 0.3 is 0 Å². The van der Waals surface area contributed by atoms with Crippen LogP contribution in [0.5, 0.6) is 0 Å². The number of amides is 1. The van der Waals surface area contributed by atoms with Crippen LogP contribution in [0.3, 0.4) is 0 Å². The first-order valence-electron chi connectivity index (χ1n) is 9.77. The minimum absolute atomic E-state index is 0.309. The lowest BCUT2D eigenvalue weighted by Crippen LogP contribution is -2.19. The van der Waals surface area contributed by atoms with Crippen molar-refractivity contribution in [2.24, 2.45) is 11.1 Å². The van der Waals surface area contributed by atoms with E-state index in [2.05, 4.69) is 46.3 Å². The van der Waals surface area contributed by atoms with Gasteiger partial charge in [0.1, 0.15) is 0 Å². The van der Waals surface area contributed by atoms with Gasteiger partial charge in [-0.25, -0.2) is 0 Å². The van der Waals surface area contributed by atoms with Crippen LogP contribution in [0.25, 0.3) is 5.57 Å². The zero-order valence-electron chi connectivity index (χ0n) is 17.3. The van der Waals surface area contributed by atoms with Gasteiger partial charge in [0.25, 0.3) is 0 Å². The van der Waals surface area contributed by atoms with E-state index in [0.29, 0.717) is 29.8 Å². The van der Waals surface area contributed by atoms with E-state index < -0.39 is 0 Å². The molecular weight excluding hydrogens is 352 g/mol.